The fraction of sp³-hybridized carbons (Fsp3) is 0.370. The lowest BCUT2D eigenvalue weighted by Crippen LogP contribution is -2.54. The van der Waals surface area contributed by atoms with Gasteiger partial charge in [0.1, 0.15) is 5.52 Å². The highest BCUT2D eigenvalue weighted by molar-refractivity contribution is 6.14. The number of benzene rings is 2. The molecule has 4 aromatic rings. The van der Waals surface area contributed by atoms with Gasteiger partial charge < -0.3 is 25.6 Å². The number of fused-ring (bicyclic) bond motifs is 2. The van der Waals surface area contributed by atoms with Gasteiger partial charge in [-0.3, -0.25) is 14.3 Å². The summed E-state index contributed by atoms with van der Waals surface area (Å²) >= 11 is 0. The molecular formula is C27H29FN8O3. The van der Waals surface area contributed by atoms with E-state index in [0.717, 1.165) is 18.8 Å². The van der Waals surface area contributed by atoms with Crippen LogP contribution in [0, 0.1) is 5.82 Å². The zero-order valence-corrected chi connectivity index (χ0v) is 21.9. The van der Waals surface area contributed by atoms with E-state index < -0.39 is 17.8 Å². The zero-order chi connectivity index (χ0) is 27.3. The SMILES string of the molecule is C[C@H]1CN(c2ccc(C(=O)Nc3cc(F)c4nn(C)cc4c3)c3nc(OC4CCNC4=O)ncc23)C[C@H](C)N1. The summed E-state index contributed by atoms with van der Waals surface area (Å²) in [5.74, 6) is -1.21. The molecule has 2 aromatic carbocycles. The lowest BCUT2D eigenvalue weighted by molar-refractivity contribution is -0.125. The van der Waals surface area contributed by atoms with Gasteiger partial charge >= 0.3 is 6.01 Å². The van der Waals surface area contributed by atoms with Crippen molar-refractivity contribution in [2.45, 2.75) is 38.5 Å². The number of piperazine rings is 1. The Hall–Kier alpha value is -4.32. The first-order chi connectivity index (χ1) is 18.7. The van der Waals surface area contributed by atoms with Gasteiger partial charge in [-0.25, -0.2) is 9.37 Å². The second kappa shape index (κ2) is 9.77. The van der Waals surface area contributed by atoms with Gasteiger partial charge in [-0.2, -0.15) is 10.1 Å². The van der Waals surface area contributed by atoms with E-state index in [1.165, 1.54) is 10.7 Å². The van der Waals surface area contributed by atoms with Crippen molar-refractivity contribution in [3.63, 3.8) is 0 Å². The molecule has 11 nitrogen and oxygen atoms in total. The van der Waals surface area contributed by atoms with Crippen LogP contribution in [0.2, 0.25) is 0 Å². The zero-order valence-electron chi connectivity index (χ0n) is 21.9. The van der Waals surface area contributed by atoms with Crippen molar-refractivity contribution < 1.29 is 18.7 Å². The molecule has 0 radical (unpaired) electrons. The van der Waals surface area contributed by atoms with Crippen LogP contribution in [-0.2, 0) is 11.8 Å². The van der Waals surface area contributed by atoms with Gasteiger partial charge in [-0.1, -0.05) is 0 Å². The van der Waals surface area contributed by atoms with Crippen molar-refractivity contribution in [3.8, 4) is 6.01 Å². The largest absolute Gasteiger partial charge is 0.450 e. The van der Waals surface area contributed by atoms with E-state index in [9.17, 15) is 14.0 Å². The van der Waals surface area contributed by atoms with E-state index in [2.05, 4.69) is 49.8 Å². The lowest BCUT2D eigenvalue weighted by Gasteiger charge is -2.38. The standard InChI is InChI=1S/C27H29FN8O3/c1-14-11-36(12-15(2)31-14)21-5-4-18(24-19(21)10-30-27(33-24)39-22-6-7-29-26(22)38)25(37)32-17-8-16-13-35(3)34-23(16)20(28)9-17/h4-5,8-10,13-15,22,31H,6-7,11-12H2,1-3H3,(H,29,38)(H,32,37)/t14-,15-,22?/m0/s1. The highest BCUT2D eigenvalue weighted by Gasteiger charge is 2.28. The van der Waals surface area contributed by atoms with Gasteiger partial charge in [-0.15, -0.1) is 0 Å². The number of nitrogens with one attached hydrogen (secondary N) is 3. The molecule has 2 amide bonds. The Bertz CT molecular complexity index is 1600. The number of hydrogen-bond donors (Lipinski definition) is 3. The Morgan fingerprint density at radius 3 is 2.72 bits per heavy atom. The Morgan fingerprint density at radius 2 is 1.97 bits per heavy atom. The topological polar surface area (TPSA) is 126 Å². The molecule has 2 aromatic heterocycles. The third kappa shape index (κ3) is 4.83. The van der Waals surface area contributed by atoms with E-state index in [1.54, 1.807) is 31.6 Å². The number of carbonyl (C=O) groups excluding carboxylic acids is 2. The van der Waals surface area contributed by atoms with Crippen LogP contribution in [0.4, 0.5) is 15.8 Å². The maximum Gasteiger partial charge on any atom is 0.317 e. The molecule has 2 saturated heterocycles. The molecule has 202 valence electrons. The predicted octanol–water partition coefficient (Wildman–Crippen LogP) is 2.36. The summed E-state index contributed by atoms with van der Waals surface area (Å²) in [7, 11) is 1.71. The maximum absolute atomic E-state index is 14.7. The number of rotatable bonds is 5. The molecule has 2 aliphatic heterocycles. The highest BCUT2D eigenvalue weighted by Crippen LogP contribution is 2.32. The van der Waals surface area contributed by atoms with E-state index in [4.69, 9.17) is 4.74 Å². The highest BCUT2D eigenvalue weighted by atomic mass is 19.1. The number of aryl methyl sites for hydroxylation is 1. The quantitative estimate of drug-likeness (QED) is 0.358. The molecule has 3 N–H and O–H groups in total. The van der Waals surface area contributed by atoms with Crippen LogP contribution in [0.3, 0.4) is 0 Å². The smallest absolute Gasteiger partial charge is 0.317 e. The van der Waals surface area contributed by atoms with Crippen molar-refractivity contribution >= 4 is 45.0 Å². The minimum atomic E-state index is -0.688. The number of aromatic nitrogens is 4. The molecule has 6 rings (SSSR count). The predicted molar refractivity (Wildman–Crippen MR) is 144 cm³/mol. The number of amides is 2. The summed E-state index contributed by atoms with van der Waals surface area (Å²) in [6.07, 6.45) is 3.14. The normalized spacial score (nSPS) is 21.4. The summed E-state index contributed by atoms with van der Waals surface area (Å²) in [6, 6.07) is 7.08. The number of ether oxygens (including phenoxy) is 1. The number of carbonyl (C=O) groups is 2. The van der Waals surface area contributed by atoms with Crippen molar-refractivity contribution in [1.82, 2.24) is 30.4 Å². The average Bonchev–Trinajstić information content (AvgIpc) is 3.47. The molecule has 3 atom stereocenters. The molecule has 0 bridgehead atoms. The first kappa shape index (κ1) is 25.0. The van der Waals surface area contributed by atoms with Crippen molar-refractivity contribution in [2.24, 2.45) is 7.05 Å². The van der Waals surface area contributed by atoms with Crippen LogP contribution in [-0.4, -0.2) is 69.4 Å². The first-order valence-electron chi connectivity index (χ1n) is 12.9. The van der Waals surface area contributed by atoms with Crippen LogP contribution >= 0.6 is 0 Å². The molecule has 0 saturated carbocycles. The first-order valence-corrected chi connectivity index (χ1v) is 12.9. The number of halogens is 1. The van der Waals surface area contributed by atoms with Crippen LogP contribution < -0.4 is 25.6 Å². The molecule has 0 aliphatic carbocycles. The Kier molecular flexibility index (Phi) is 6.26. The Balaban J connectivity index is 1.39. The van der Waals surface area contributed by atoms with Crippen molar-refractivity contribution in [3.05, 3.63) is 48.0 Å². The van der Waals surface area contributed by atoms with E-state index in [0.29, 0.717) is 34.9 Å². The van der Waals surface area contributed by atoms with Crippen molar-refractivity contribution in [1.29, 1.82) is 0 Å². The van der Waals surface area contributed by atoms with Gasteiger partial charge in [0.05, 0.1) is 11.1 Å². The average molecular weight is 533 g/mol. The summed E-state index contributed by atoms with van der Waals surface area (Å²) < 4.78 is 22.0. The Morgan fingerprint density at radius 1 is 1.18 bits per heavy atom. The third-order valence-corrected chi connectivity index (χ3v) is 7.03. The summed E-state index contributed by atoms with van der Waals surface area (Å²) in [5.41, 5.74) is 2.09. The fourth-order valence-electron chi connectivity index (χ4n) is 5.42. The van der Waals surface area contributed by atoms with Crippen LogP contribution in [0.15, 0.2) is 36.7 Å². The maximum atomic E-state index is 14.7. The van der Waals surface area contributed by atoms with Gasteiger partial charge in [0.2, 0.25) is 0 Å². The number of hydrogen-bond acceptors (Lipinski definition) is 8. The van der Waals surface area contributed by atoms with Gasteiger partial charge in [-0.05, 0) is 38.1 Å². The second-order valence-electron chi connectivity index (χ2n) is 10.3. The minimum absolute atomic E-state index is 0.0145. The van der Waals surface area contributed by atoms with Crippen LogP contribution in [0.25, 0.3) is 21.8 Å². The second-order valence-corrected chi connectivity index (χ2v) is 10.3. The van der Waals surface area contributed by atoms with Crippen LogP contribution in [0.5, 0.6) is 6.01 Å². The monoisotopic (exact) mass is 532 g/mol. The number of anilines is 2. The minimum Gasteiger partial charge on any atom is -0.450 e. The molecule has 0 spiro atoms. The van der Waals surface area contributed by atoms with E-state index in [1.807, 2.05) is 6.07 Å². The fourth-order valence-corrected chi connectivity index (χ4v) is 5.42. The van der Waals surface area contributed by atoms with Crippen LogP contribution in [0.1, 0.15) is 30.6 Å². The summed E-state index contributed by atoms with van der Waals surface area (Å²) in [4.78, 5) is 36.8. The number of nitrogens with zero attached hydrogens (tertiary/aromatic N) is 5. The summed E-state index contributed by atoms with van der Waals surface area (Å²) in [5, 5.41) is 14.4. The molecule has 39 heavy (non-hydrogen) atoms. The third-order valence-electron chi connectivity index (χ3n) is 7.03. The van der Waals surface area contributed by atoms with Gasteiger partial charge in [0.15, 0.2) is 11.9 Å². The molecule has 2 aliphatic rings. The van der Waals surface area contributed by atoms with E-state index in [-0.39, 0.29) is 35.1 Å². The van der Waals surface area contributed by atoms with E-state index >= 15 is 0 Å². The lowest BCUT2D eigenvalue weighted by atomic mass is 10.0. The summed E-state index contributed by atoms with van der Waals surface area (Å²) in [6.45, 7) is 6.32. The molecule has 12 heteroatoms. The van der Waals surface area contributed by atoms with Crippen molar-refractivity contribution in [2.75, 3.05) is 29.9 Å². The molecule has 4 heterocycles. The van der Waals surface area contributed by atoms with Gasteiger partial charge in [0, 0.05) is 79.7 Å². The molecule has 1 unspecified atom stereocenters. The van der Waals surface area contributed by atoms with Gasteiger partial charge in [0.25, 0.3) is 11.8 Å². The molecular weight excluding hydrogens is 503 g/mol. The molecule has 2 fully saturated rings. The Labute approximate surface area is 223 Å².